The number of carbonyl (C=O) groups excluding carboxylic acids is 1. The average Bonchev–Trinajstić information content (AvgIpc) is 2.58. The Morgan fingerprint density at radius 1 is 1.40 bits per heavy atom. The number of aromatic nitrogens is 1. The second kappa shape index (κ2) is 6.75. The molecule has 3 rings (SSSR count). The monoisotopic (exact) mass is 358 g/mol. The van der Waals surface area contributed by atoms with Gasteiger partial charge in [0.05, 0.1) is 34.2 Å². The Morgan fingerprint density at radius 3 is 2.76 bits per heavy atom. The van der Waals surface area contributed by atoms with Crippen molar-refractivity contribution >= 4 is 23.2 Å². The number of nitro groups is 1. The lowest BCUT2D eigenvalue weighted by molar-refractivity contribution is -0.384. The molecule has 0 spiro atoms. The lowest BCUT2D eigenvalue weighted by Crippen LogP contribution is -2.56. The molecule has 1 aliphatic rings. The quantitative estimate of drug-likeness (QED) is 0.613. The van der Waals surface area contributed by atoms with Gasteiger partial charge in [-0.15, -0.1) is 0 Å². The summed E-state index contributed by atoms with van der Waals surface area (Å²) in [6, 6.07) is 8.89. The summed E-state index contributed by atoms with van der Waals surface area (Å²) < 4.78 is 5.60. The standard InChI is InChI=1S/C16H11ClN4O4/c17-14-3-2-11(21(23)24)5-13(14)16(22)20-8-12(9-20)25-15-4-1-10(6-18)7-19-15/h1-5,7,12H,8-9H2. The largest absolute Gasteiger partial charge is 0.471 e. The van der Waals surface area contributed by atoms with E-state index >= 15 is 0 Å². The van der Waals surface area contributed by atoms with Gasteiger partial charge in [0.15, 0.2) is 0 Å². The first-order valence-corrected chi connectivity index (χ1v) is 7.62. The highest BCUT2D eigenvalue weighted by Gasteiger charge is 2.34. The van der Waals surface area contributed by atoms with Gasteiger partial charge < -0.3 is 9.64 Å². The molecule has 0 radical (unpaired) electrons. The SMILES string of the molecule is N#Cc1ccc(OC2CN(C(=O)c3cc([N+](=O)[O-])ccc3Cl)C2)nc1. The van der Waals surface area contributed by atoms with E-state index in [1.807, 2.05) is 6.07 Å². The van der Waals surface area contributed by atoms with Crippen molar-refractivity contribution in [2.75, 3.05) is 13.1 Å². The minimum absolute atomic E-state index is 0.0887. The van der Waals surface area contributed by atoms with Gasteiger partial charge in [0.25, 0.3) is 11.6 Å². The fourth-order valence-corrected chi connectivity index (χ4v) is 2.52. The Morgan fingerprint density at radius 2 is 2.16 bits per heavy atom. The summed E-state index contributed by atoms with van der Waals surface area (Å²) in [5.74, 6) is -0.0224. The molecule has 1 aromatic carbocycles. The van der Waals surface area contributed by atoms with Crippen LogP contribution in [-0.4, -0.2) is 39.9 Å². The molecule has 1 fully saturated rings. The third kappa shape index (κ3) is 3.51. The molecule has 0 saturated carbocycles. The number of carbonyl (C=O) groups is 1. The zero-order valence-electron chi connectivity index (χ0n) is 12.8. The maximum absolute atomic E-state index is 12.4. The van der Waals surface area contributed by atoms with Crippen molar-refractivity contribution in [2.24, 2.45) is 0 Å². The average molecular weight is 359 g/mol. The number of hydrogen-bond donors (Lipinski definition) is 0. The fourth-order valence-electron chi connectivity index (χ4n) is 2.33. The topological polar surface area (TPSA) is 109 Å². The first-order valence-electron chi connectivity index (χ1n) is 7.24. The zero-order chi connectivity index (χ0) is 18.0. The highest BCUT2D eigenvalue weighted by molar-refractivity contribution is 6.34. The second-order valence-electron chi connectivity index (χ2n) is 5.37. The van der Waals surface area contributed by atoms with Crippen LogP contribution in [0.5, 0.6) is 5.88 Å². The van der Waals surface area contributed by atoms with Crippen molar-refractivity contribution < 1.29 is 14.5 Å². The number of rotatable bonds is 4. The number of nitro benzene ring substituents is 1. The summed E-state index contributed by atoms with van der Waals surface area (Å²) >= 11 is 5.98. The fraction of sp³-hybridized carbons (Fsp3) is 0.188. The van der Waals surface area contributed by atoms with Gasteiger partial charge in [0, 0.05) is 24.4 Å². The van der Waals surface area contributed by atoms with Crippen LogP contribution in [0.25, 0.3) is 0 Å². The molecule has 0 aliphatic carbocycles. The van der Waals surface area contributed by atoms with E-state index in [1.54, 1.807) is 12.1 Å². The first-order chi connectivity index (χ1) is 12.0. The number of pyridine rings is 1. The van der Waals surface area contributed by atoms with Crippen LogP contribution in [0.3, 0.4) is 0 Å². The van der Waals surface area contributed by atoms with Crippen LogP contribution >= 0.6 is 11.6 Å². The molecule has 0 atom stereocenters. The molecule has 1 aromatic heterocycles. The number of non-ortho nitro benzene ring substituents is 1. The molecule has 126 valence electrons. The Hall–Kier alpha value is -3.18. The highest BCUT2D eigenvalue weighted by atomic mass is 35.5. The van der Waals surface area contributed by atoms with Crippen LogP contribution in [0.1, 0.15) is 15.9 Å². The summed E-state index contributed by atoms with van der Waals surface area (Å²) in [6.07, 6.45) is 1.17. The molecule has 9 heteroatoms. The van der Waals surface area contributed by atoms with Gasteiger partial charge in [-0.05, 0) is 12.1 Å². The number of hydrogen-bond acceptors (Lipinski definition) is 6. The third-order valence-corrected chi connectivity index (χ3v) is 4.01. The Bertz CT molecular complexity index is 873. The van der Waals surface area contributed by atoms with Crippen LogP contribution in [0.2, 0.25) is 5.02 Å². The van der Waals surface area contributed by atoms with Crippen LogP contribution in [-0.2, 0) is 0 Å². The van der Waals surface area contributed by atoms with Crippen molar-refractivity contribution in [2.45, 2.75) is 6.10 Å². The van der Waals surface area contributed by atoms with Crippen LogP contribution in [0.4, 0.5) is 5.69 Å². The predicted octanol–water partition coefficient (Wildman–Crippen LogP) is 2.42. The van der Waals surface area contributed by atoms with Crippen molar-refractivity contribution in [1.29, 1.82) is 5.26 Å². The van der Waals surface area contributed by atoms with Gasteiger partial charge >= 0.3 is 0 Å². The van der Waals surface area contributed by atoms with Crippen LogP contribution in [0, 0.1) is 21.4 Å². The van der Waals surface area contributed by atoms with Gasteiger partial charge in [-0.1, -0.05) is 11.6 Å². The minimum atomic E-state index is -0.578. The third-order valence-electron chi connectivity index (χ3n) is 3.68. The lowest BCUT2D eigenvalue weighted by Gasteiger charge is -2.38. The summed E-state index contributed by atoms with van der Waals surface area (Å²) in [6.45, 7) is 0.638. The molecular formula is C16H11ClN4O4. The number of likely N-dealkylation sites (tertiary alicyclic amines) is 1. The molecule has 1 aliphatic heterocycles. The summed E-state index contributed by atoms with van der Waals surface area (Å²) in [7, 11) is 0. The normalized spacial score (nSPS) is 13.7. The number of nitriles is 1. The Balaban J connectivity index is 1.62. The molecule has 0 N–H and O–H groups in total. The molecule has 0 unspecified atom stereocenters. The smallest absolute Gasteiger partial charge is 0.270 e. The second-order valence-corrected chi connectivity index (χ2v) is 5.78. The lowest BCUT2D eigenvalue weighted by atomic mass is 10.1. The minimum Gasteiger partial charge on any atom is -0.471 e. The van der Waals surface area contributed by atoms with E-state index < -0.39 is 4.92 Å². The van der Waals surface area contributed by atoms with E-state index in [0.717, 1.165) is 0 Å². The zero-order valence-corrected chi connectivity index (χ0v) is 13.5. The Kier molecular flexibility index (Phi) is 4.50. The van der Waals surface area contributed by atoms with Crippen molar-refractivity contribution in [3.05, 3.63) is 62.8 Å². The van der Waals surface area contributed by atoms with E-state index in [9.17, 15) is 14.9 Å². The van der Waals surface area contributed by atoms with E-state index in [-0.39, 0.29) is 28.3 Å². The van der Waals surface area contributed by atoms with Crippen LogP contribution in [0.15, 0.2) is 36.5 Å². The summed E-state index contributed by atoms with van der Waals surface area (Å²) in [4.78, 5) is 28.2. The molecule has 25 heavy (non-hydrogen) atoms. The Labute approximate surface area is 147 Å². The van der Waals surface area contributed by atoms with Crippen molar-refractivity contribution in [3.8, 4) is 11.9 Å². The number of amides is 1. The molecule has 2 aromatic rings. The highest BCUT2D eigenvalue weighted by Crippen LogP contribution is 2.26. The maximum Gasteiger partial charge on any atom is 0.270 e. The number of nitrogens with zero attached hydrogens (tertiary/aromatic N) is 4. The van der Waals surface area contributed by atoms with E-state index in [1.165, 1.54) is 29.3 Å². The van der Waals surface area contributed by atoms with Gasteiger partial charge in [0.1, 0.15) is 12.2 Å². The molecule has 1 amide bonds. The number of halogens is 1. The maximum atomic E-state index is 12.4. The molecule has 1 saturated heterocycles. The van der Waals surface area contributed by atoms with Crippen molar-refractivity contribution in [1.82, 2.24) is 9.88 Å². The van der Waals surface area contributed by atoms with Crippen LogP contribution < -0.4 is 4.74 Å². The predicted molar refractivity (Wildman–Crippen MR) is 87.4 cm³/mol. The number of benzene rings is 1. The van der Waals surface area contributed by atoms with Gasteiger partial charge in [-0.25, -0.2) is 4.98 Å². The van der Waals surface area contributed by atoms with E-state index in [0.29, 0.717) is 24.5 Å². The summed E-state index contributed by atoms with van der Waals surface area (Å²) in [5.41, 5.74) is 0.326. The molecule has 0 bridgehead atoms. The number of ether oxygens (including phenoxy) is 1. The molecule has 8 nitrogen and oxygen atoms in total. The van der Waals surface area contributed by atoms with Gasteiger partial charge in [-0.3, -0.25) is 14.9 Å². The first kappa shape index (κ1) is 16.7. The summed E-state index contributed by atoms with van der Waals surface area (Å²) in [5, 5.41) is 19.7. The van der Waals surface area contributed by atoms with E-state index in [4.69, 9.17) is 21.6 Å². The molecular weight excluding hydrogens is 348 g/mol. The van der Waals surface area contributed by atoms with E-state index in [2.05, 4.69) is 4.98 Å². The van der Waals surface area contributed by atoms with Gasteiger partial charge in [-0.2, -0.15) is 5.26 Å². The van der Waals surface area contributed by atoms with Crippen molar-refractivity contribution in [3.63, 3.8) is 0 Å². The van der Waals surface area contributed by atoms with Gasteiger partial charge in [0.2, 0.25) is 5.88 Å². The molecule has 2 heterocycles.